The number of rotatable bonds is 7. The molecule has 5 aromatic rings. The topological polar surface area (TPSA) is 97.5 Å². The van der Waals surface area contributed by atoms with Gasteiger partial charge in [0.15, 0.2) is 11.6 Å². The van der Waals surface area contributed by atoms with Crippen LogP contribution in [0.1, 0.15) is 35.5 Å². The third kappa shape index (κ3) is 4.67. The van der Waals surface area contributed by atoms with Crippen LogP contribution in [0.25, 0.3) is 27.7 Å². The SMILES string of the molecule is Cc1cc(-n2c(C(C)(C)COc3ncccn3)c(-c3ccc(C(=O)O)cc3)c3c(O)c(F)ccc32)ccc1F. The molecule has 5 rings (SSSR count). The maximum Gasteiger partial charge on any atom is 0.335 e. The molecule has 0 aliphatic carbocycles. The van der Waals surface area contributed by atoms with E-state index >= 15 is 0 Å². The summed E-state index contributed by atoms with van der Waals surface area (Å²) in [6, 6.07) is 15.3. The molecular weight excluding hydrogens is 504 g/mol. The van der Waals surface area contributed by atoms with Crippen LogP contribution < -0.4 is 4.74 Å². The minimum atomic E-state index is -1.09. The molecule has 2 N–H and O–H groups in total. The second-order valence-corrected chi connectivity index (χ2v) is 9.87. The molecule has 198 valence electrons. The molecule has 0 aliphatic rings. The predicted octanol–water partition coefficient (Wildman–Crippen LogP) is 6.43. The van der Waals surface area contributed by atoms with Crippen molar-refractivity contribution < 1.29 is 28.5 Å². The molecule has 0 saturated carbocycles. The van der Waals surface area contributed by atoms with Gasteiger partial charge in [0, 0.05) is 34.8 Å². The smallest absolute Gasteiger partial charge is 0.335 e. The van der Waals surface area contributed by atoms with E-state index in [4.69, 9.17) is 4.74 Å². The molecule has 0 unspecified atom stereocenters. The molecule has 7 nitrogen and oxygen atoms in total. The highest BCUT2D eigenvalue weighted by Crippen LogP contribution is 2.47. The number of aromatic nitrogens is 3. The van der Waals surface area contributed by atoms with Crippen molar-refractivity contribution in [2.75, 3.05) is 6.61 Å². The number of aromatic hydroxyl groups is 1. The van der Waals surface area contributed by atoms with E-state index in [0.717, 1.165) is 0 Å². The van der Waals surface area contributed by atoms with E-state index in [1.165, 1.54) is 24.3 Å². The van der Waals surface area contributed by atoms with Crippen LogP contribution in [0, 0.1) is 18.6 Å². The van der Waals surface area contributed by atoms with Crippen molar-refractivity contribution in [1.29, 1.82) is 0 Å². The number of hydrogen-bond donors (Lipinski definition) is 2. The molecule has 2 heterocycles. The lowest BCUT2D eigenvalue weighted by molar-refractivity contribution is 0.0697. The Labute approximate surface area is 223 Å². The lowest BCUT2D eigenvalue weighted by Crippen LogP contribution is -2.30. The first-order chi connectivity index (χ1) is 18.6. The molecule has 0 amide bonds. The molecule has 39 heavy (non-hydrogen) atoms. The molecule has 2 aromatic heterocycles. The van der Waals surface area contributed by atoms with E-state index < -0.39 is 23.0 Å². The zero-order valence-electron chi connectivity index (χ0n) is 21.4. The summed E-state index contributed by atoms with van der Waals surface area (Å²) in [7, 11) is 0. The Morgan fingerprint density at radius 1 is 1.00 bits per heavy atom. The second-order valence-electron chi connectivity index (χ2n) is 9.87. The van der Waals surface area contributed by atoms with Crippen molar-refractivity contribution >= 4 is 16.9 Å². The van der Waals surface area contributed by atoms with Crippen molar-refractivity contribution in [3.05, 3.63) is 102 Å². The van der Waals surface area contributed by atoms with Gasteiger partial charge in [-0.1, -0.05) is 26.0 Å². The number of ether oxygens (including phenoxy) is 1. The van der Waals surface area contributed by atoms with Gasteiger partial charge in [-0.2, -0.15) is 0 Å². The van der Waals surface area contributed by atoms with Crippen LogP contribution in [0.2, 0.25) is 0 Å². The van der Waals surface area contributed by atoms with Crippen LogP contribution in [-0.4, -0.2) is 37.3 Å². The number of fused-ring (bicyclic) bond motifs is 1. The fourth-order valence-corrected chi connectivity index (χ4v) is 4.75. The maximum absolute atomic E-state index is 14.8. The normalized spacial score (nSPS) is 11.6. The average Bonchev–Trinajstić information content (AvgIpc) is 3.28. The Kier molecular flexibility index (Phi) is 6.51. The number of phenolic OH excluding ortho intramolecular Hbond substituents is 1. The molecule has 0 fully saturated rings. The van der Waals surface area contributed by atoms with E-state index in [1.807, 2.05) is 18.4 Å². The third-order valence-corrected chi connectivity index (χ3v) is 6.62. The lowest BCUT2D eigenvalue weighted by Gasteiger charge is -2.28. The Morgan fingerprint density at radius 3 is 2.31 bits per heavy atom. The van der Waals surface area contributed by atoms with Gasteiger partial charge in [0.2, 0.25) is 0 Å². The van der Waals surface area contributed by atoms with E-state index in [-0.39, 0.29) is 29.4 Å². The van der Waals surface area contributed by atoms with E-state index in [0.29, 0.717) is 33.6 Å². The van der Waals surface area contributed by atoms with Gasteiger partial charge in [0.1, 0.15) is 12.4 Å². The molecule has 0 spiro atoms. The summed E-state index contributed by atoms with van der Waals surface area (Å²) >= 11 is 0. The minimum absolute atomic E-state index is 0.0809. The summed E-state index contributed by atoms with van der Waals surface area (Å²) in [5, 5.41) is 20.7. The van der Waals surface area contributed by atoms with E-state index in [1.54, 1.807) is 55.7 Å². The van der Waals surface area contributed by atoms with Gasteiger partial charge >= 0.3 is 12.0 Å². The predicted molar refractivity (Wildman–Crippen MR) is 143 cm³/mol. The summed E-state index contributed by atoms with van der Waals surface area (Å²) in [5.41, 5.74) is 2.43. The summed E-state index contributed by atoms with van der Waals surface area (Å²) < 4.78 is 36.9. The van der Waals surface area contributed by atoms with Crippen LogP contribution >= 0.6 is 0 Å². The first kappa shape index (κ1) is 25.8. The molecule has 0 aliphatic heterocycles. The number of carboxylic acids is 1. The lowest BCUT2D eigenvalue weighted by atomic mass is 9.84. The van der Waals surface area contributed by atoms with Crippen LogP contribution in [0.3, 0.4) is 0 Å². The molecule has 0 bridgehead atoms. The quantitative estimate of drug-likeness (QED) is 0.252. The number of phenols is 1. The number of carbonyl (C=O) groups is 1. The number of halogens is 2. The van der Waals surface area contributed by atoms with Gasteiger partial charge in [0.05, 0.1) is 16.5 Å². The number of aryl methyl sites for hydroxylation is 1. The molecule has 0 radical (unpaired) electrons. The largest absolute Gasteiger partial charge is 0.504 e. The van der Waals surface area contributed by atoms with Crippen molar-refractivity contribution in [2.45, 2.75) is 26.2 Å². The summed E-state index contributed by atoms with van der Waals surface area (Å²) in [4.78, 5) is 19.8. The fraction of sp³-hybridized carbons (Fsp3) is 0.167. The van der Waals surface area contributed by atoms with Gasteiger partial charge in [-0.25, -0.2) is 23.5 Å². The monoisotopic (exact) mass is 529 g/mol. The Morgan fingerprint density at radius 2 is 1.67 bits per heavy atom. The summed E-state index contributed by atoms with van der Waals surface area (Å²) in [6.07, 6.45) is 3.12. The molecule has 3 aromatic carbocycles. The van der Waals surface area contributed by atoms with Crippen molar-refractivity contribution in [3.8, 4) is 28.6 Å². The Hall–Kier alpha value is -4.79. The van der Waals surface area contributed by atoms with E-state index in [2.05, 4.69) is 9.97 Å². The minimum Gasteiger partial charge on any atom is -0.504 e. The maximum atomic E-state index is 14.8. The van der Waals surface area contributed by atoms with Crippen LogP contribution in [-0.2, 0) is 5.41 Å². The highest BCUT2D eigenvalue weighted by molar-refractivity contribution is 6.04. The molecule has 0 atom stereocenters. The van der Waals surface area contributed by atoms with Gasteiger partial charge in [-0.05, 0) is 66.6 Å². The van der Waals surface area contributed by atoms with Crippen molar-refractivity contribution in [1.82, 2.24) is 14.5 Å². The molecule has 9 heteroatoms. The van der Waals surface area contributed by atoms with Gasteiger partial charge in [0.25, 0.3) is 0 Å². The number of hydrogen-bond acceptors (Lipinski definition) is 5. The zero-order chi connectivity index (χ0) is 27.9. The van der Waals surface area contributed by atoms with Gasteiger partial charge in [-0.3, -0.25) is 0 Å². The standard InChI is InChI=1S/C30H25F2N3O4/c1-17-15-20(9-10-21(17)31)35-23-12-11-22(32)26(36)25(23)24(18-5-7-19(8-6-18)28(37)38)27(35)30(2,3)16-39-29-33-13-4-14-34-29/h4-15,36H,16H2,1-3H3,(H,37,38). The highest BCUT2D eigenvalue weighted by Gasteiger charge is 2.34. The van der Waals surface area contributed by atoms with Crippen molar-refractivity contribution in [3.63, 3.8) is 0 Å². The number of benzene rings is 3. The first-order valence-electron chi connectivity index (χ1n) is 12.1. The molecule has 0 saturated heterocycles. The van der Waals surface area contributed by atoms with Crippen LogP contribution in [0.4, 0.5) is 8.78 Å². The van der Waals surface area contributed by atoms with Crippen molar-refractivity contribution in [2.24, 2.45) is 0 Å². The first-order valence-corrected chi connectivity index (χ1v) is 12.1. The number of carboxylic acid groups (broad SMARTS) is 1. The highest BCUT2D eigenvalue weighted by atomic mass is 19.1. The Balaban J connectivity index is 1.84. The fourth-order valence-electron chi connectivity index (χ4n) is 4.75. The zero-order valence-corrected chi connectivity index (χ0v) is 21.4. The Bertz CT molecular complexity index is 1700. The van der Waals surface area contributed by atoms with Crippen LogP contribution in [0.15, 0.2) is 73.1 Å². The molecular formula is C30H25F2N3O4. The van der Waals surface area contributed by atoms with Crippen LogP contribution in [0.5, 0.6) is 11.8 Å². The third-order valence-electron chi connectivity index (χ3n) is 6.62. The summed E-state index contributed by atoms with van der Waals surface area (Å²) in [5.74, 6) is -2.82. The average molecular weight is 530 g/mol. The summed E-state index contributed by atoms with van der Waals surface area (Å²) in [6.45, 7) is 5.57. The number of aromatic carboxylic acids is 1. The second kappa shape index (κ2) is 9.83. The van der Waals surface area contributed by atoms with Gasteiger partial charge in [-0.15, -0.1) is 0 Å². The van der Waals surface area contributed by atoms with E-state index in [9.17, 15) is 23.8 Å². The number of nitrogens with zero attached hydrogens (tertiary/aromatic N) is 3. The van der Waals surface area contributed by atoms with Gasteiger partial charge < -0.3 is 19.5 Å².